The molecule has 150 valence electrons. The molecule has 0 aliphatic heterocycles. The number of anilines is 1. The fourth-order valence-electron chi connectivity index (χ4n) is 2.23. The minimum atomic E-state index is -1.02. The highest BCUT2D eigenvalue weighted by atomic mass is 32.1. The lowest BCUT2D eigenvalue weighted by molar-refractivity contribution is -0.152. The molecule has 1 aromatic heterocycles. The van der Waals surface area contributed by atoms with Crippen molar-refractivity contribution in [2.24, 2.45) is 0 Å². The molecule has 0 spiro atoms. The summed E-state index contributed by atoms with van der Waals surface area (Å²) in [4.78, 5) is 36.2. The zero-order valence-corrected chi connectivity index (χ0v) is 16.1. The number of esters is 3. The highest BCUT2D eigenvalue weighted by Crippen LogP contribution is 2.33. The van der Waals surface area contributed by atoms with Crippen LogP contribution >= 0.6 is 11.3 Å². The first kappa shape index (κ1) is 21.2. The maximum atomic E-state index is 12.9. The molecular formula is C18H18FNO7S. The maximum absolute atomic E-state index is 12.9. The number of carbonyl (C=O) groups is 3. The van der Waals surface area contributed by atoms with Crippen LogP contribution in [0.1, 0.15) is 32.5 Å². The molecule has 0 saturated heterocycles. The van der Waals surface area contributed by atoms with Gasteiger partial charge in [-0.2, -0.15) is 0 Å². The maximum Gasteiger partial charge on any atom is 0.348 e. The summed E-state index contributed by atoms with van der Waals surface area (Å²) < 4.78 is 32.8. The topological polar surface area (TPSA) is 114 Å². The molecule has 0 saturated carbocycles. The van der Waals surface area contributed by atoms with Crippen LogP contribution in [0.15, 0.2) is 24.3 Å². The molecule has 2 aromatic rings. The summed E-state index contributed by atoms with van der Waals surface area (Å²) in [6.45, 7) is 1.02. The first-order chi connectivity index (χ1) is 13.3. The van der Waals surface area contributed by atoms with E-state index < -0.39 is 36.4 Å². The van der Waals surface area contributed by atoms with Gasteiger partial charge < -0.3 is 24.7 Å². The van der Waals surface area contributed by atoms with Crippen molar-refractivity contribution in [1.29, 1.82) is 0 Å². The normalized spacial score (nSPS) is 11.4. The van der Waals surface area contributed by atoms with Crippen LogP contribution in [0, 0.1) is 5.82 Å². The number of halogens is 1. The quantitative estimate of drug-likeness (QED) is 0.546. The van der Waals surface area contributed by atoms with Crippen LogP contribution in [0.4, 0.5) is 9.39 Å². The average molecular weight is 411 g/mol. The van der Waals surface area contributed by atoms with E-state index in [9.17, 15) is 18.8 Å². The third-order valence-electron chi connectivity index (χ3n) is 3.61. The SMILES string of the molecule is COC(=O)c1sc(N)c(C(=O)OC)c1COC(=O)[C@H](C)Oc1ccc(F)cc1. The summed E-state index contributed by atoms with van der Waals surface area (Å²) in [5.74, 6) is -2.43. The average Bonchev–Trinajstić information content (AvgIpc) is 3.02. The van der Waals surface area contributed by atoms with Crippen LogP contribution < -0.4 is 10.5 Å². The Labute approximate surface area is 163 Å². The molecule has 10 heteroatoms. The number of ether oxygens (including phenoxy) is 4. The van der Waals surface area contributed by atoms with Crippen molar-refractivity contribution in [3.8, 4) is 5.75 Å². The fourth-order valence-corrected chi connectivity index (χ4v) is 3.21. The number of nitrogens with two attached hydrogens (primary N) is 1. The van der Waals surface area contributed by atoms with Gasteiger partial charge in [0.2, 0.25) is 0 Å². The summed E-state index contributed by atoms with van der Waals surface area (Å²) in [6, 6.07) is 5.10. The van der Waals surface area contributed by atoms with Gasteiger partial charge in [0.15, 0.2) is 6.10 Å². The van der Waals surface area contributed by atoms with Crippen LogP contribution in [0.2, 0.25) is 0 Å². The van der Waals surface area contributed by atoms with E-state index >= 15 is 0 Å². The first-order valence-corrected chi connectivity index (χ1v) is 8.76. The number of nitrogen functional groups attached to an aromatic ring is 1. The molecule has 0 amide bonds. The molecule has 2 N–H and O–H groups in total. The Morgan fingerprint density at radius 1 is 1.11 bits per heavy atom. The number of methoxy groups -OCH3 is 2. The molecular weight excluding hydrogens is 393 g/mol. The van der Waals surface area contributed by atoms with Gasteiger partial charge in [-0.3, -0.25) is 0 Å². The second-order valence-corrected chi connectivity index (χ2v) is 6.51. The van der Waals surface area contributed by atoms with Gasteiger partial charge in [0, 0.05) is 5.56 Å². The van der Waals surface area contributed by atoms with Crippen LogP contribution in [-0.4, -0.2) is 38.2 Å². The minimum Gasteiger partial charge on any atom is -0.479 e. The van der Waals surface area contributed by atoms with E-state index in [-0.39, 0.29) is 26.8 Å². The van der Waals surface area contributed by atoms with Gasteiger partial charge >= 0.3 is 17.9 Å². The largest absolute Gasteiger partial charge is 0.479 e. The van der Waals surface area contributed by atoms with Crippen LogP contribution in [-0.2, 0) is 25.6 Å². The molecule has 1 atom stereocenters. The van der Waals surface area contributed by atoms with Crippen molar-refractivity contribution in [2.45, 2.75) is 19.6 Å². The van der Waals surface area contributed by atoms with Crippen molar-refractivity contribution in [3.63, 3.8) is 0 Å². The van der Waals surface area contributed by atoms with E-state index in [2.05, 4.69) is 9.47 Å². The molecule has 0 fully saturated rings. The smallest absolute Gasteiger partial charge is 0.348 e. The number of benzene rings is 1. The molecule has 1 aromatic carbocycles. The van der Waals surface area contributed by atoms with Crippen molar-refractivity contribution in [2.75, 3.05) is 20.0 Å². The van der Waals surface area contributed by atoms with E-state index in [1.165, 1.54) is 38.3 Å². The number of carbonyl (C=O) groups excluding carboxylic acids is 3. The predicted molar refractivity (Wildman–Crippen MR) is 97.7 cm³/mol. The van der Waals surface area contributed by atoms with Gasteiger partial charge in [-0.05, 0) is 31.2 Å². The first-order valence-electron chi connectivity index (χ1n) is 7.95. The molecule has 2 rings (SSSR count). The lowest BCUT2D eigenvalue weighted by Crippen LogP contribution is -2.26. The van der Waals surface area contributed by atoms with E-state index in [0.717, 1.165) is 18.4 Å². The Bertz CT molecular complexity index is 879. The van der Waals surface area contributed by atoms with E-state index in [0.29, 0.717) is 0 Å². The predicted octanol–water partition coefficient (Wildman–Crippen LogP) is 2.55. The highest BCUT2D eigenvalue weighted by Gasteiger charge is 2.28. The Balaban J connectivity index is 2.15. The van der Waals surface area contributed by atoms with Gasteiger partial charge in [0.25, 0.3) is 0 Å². The zero-order valence-electron chi connectivity index (χ0n) is 15.3. The van der Waals surface area contributed by atoms with E-state index in [4.69, 9.17) is 15.2 Å². The molecule has 28 heavy (non-hydrogen) atoms. The number of rotatable bonds is 7. The van der Waals surface area contributed by atoms with Gasteiger partial charge in [-0.15, -0.1) is 11.3 Å². The Hall–Kier alpha value is -3.14. The number of hydrogen-bond acceptors (Lipinski definition) is 9. The Morgan fingerprint density at radius 3 is 2.29 bits per heavy atom. The second-order valence-electron chi connectivity index (χ2n) is 5.45. The summed E-state index contributed by atoms with van der Waals surface area (Å²) in [7, 11) is 2.33. The monoisotopic (exact) mass is 411 g/mol. The lowest BCUT2D eigenvalue weighted by Gasteiger charge is -2.14. The highest BCUT2D eigenvalue weighted by molar-refractivity contribution is 7.18. The summed E-state index contributed by atoms with van der Waals surface area (Å²) in [5.41, 5.74) is 5.83. The number of thiophene rings is 1. The molecule has 0 aliphatic carbocycles. The van der Waals surface area contributed by atoms with Crippen LogP contribution in [0.5, 0.6) is 5.75 Å². The van der Waals surface area contributed by atoms with Crippen molar-refractivity contribution in [1.82, 2.24) is 0 Å². The second kappa shape index (κ2) is 9.18. The Kier molecular flexibility index (Phi) is 6.94. The summed E-state index contributed by atoms with van der Waals surface area (Å²) >= 11 is 0.826. The minimum absolute atomic E-state index is 0.0281. The third-order valence-corrected chi connectivity index (χ3v) is 4.65. The fraction of sp³-hybridized carbons (Fsp3) is 0.278. The van der Waals surface area contributed by atoms with E-state index in [1.54, 1.807) is 0 Å². The van der Waals surface area contributed by atoms with Crippen molar-refractivity contribution >= 4 is 34.2 Å². The van der Waals surface area contributed by atoms with Gasteiger partial charge in [0.1, 0.15) is 33.6 Å². The molecule has 8 nitrogen and oxygen atoms in total. The van der Waals surface area contributed by atoms with Gasteiger partial charge in [0.05, 0.1) is 14.2 Å². The molecule has 0 bridgehead atoms. The lowest BCUT2D eigenvalue weighted by atomic mass is 10.1. The van der Waals surface area contributed by atoms with Crippen molar-refractivity contribution < 1.29 is 37.7 Å². The molecule has 0 radical (unpaired) electrons. The number of hydrogen-bond donors (Lipinski definition) is 1. The van der Waals surface area contributed by atoms with Crippen LogP contribution in [0.25, 0.3) is 0 Å². The van der Waals surface area contributed by atoms with Crippen LogP contribution in [0.3, 0.4) is 0 Å². The third kappa shape index (κ3) is 4.77. The zero-order chi connectivity index (χ0) is 20.8. The summed E-state index contributed by atoms with van der Waals surface area (Å²) in [6.07, 6.45) is -1.02. The molecule has 0 unspecified atom stereocenters. The molecule has 0 aliphatic rings. The standard InChI is InChI=1S/C18H18FNO7S/c1-9(27-11-6-4-10(19)5-7-11)16(21)26-8-12-13(17(22)24-2)15(20)28-14(12)18(23)25-3/h4-7,9H,8,20H2,1-3H3/t9-/m0/s1. The van der Waals surface area contributed by atoms with Gasteiger partial charge in [-0.1, -0.05) is 0 Å². The van der Waals surface area contributed by atoms with Crippen molar-refractivity contribution in [3.05, 3.63) is 46.1 Å². The van der Waals surface area contributed by atoms with E-state index in [1.807, 2.05) is 0 Å². The molecule has 1 heterocycles. The summed E-state index contributed by atoms with van der Waals surface area (Å²) in [5, 5.41) is 0.0360. The van der Waals surface area contributed by atoms with Gasteiger partial charge in [-0.25, -0.2) is 18.8 Å². The Morgan fingerprint density at radius 2 is 1.71 bits per heavy atom.